The highest BCUT2D eigenvalue weighted by atomic mass is 32.2. The number of pyridine rings is 1. The van der Waals surface area contributed by atoms with Crippen LogP contribution in [0.5, 0.6) is 0 Å². The summed E-state index contributed by atoms with van der Waals surface area (Å²) in [5.74, 6) is 0.0768. The summed E-state index contributed by atoms with van der Waals surface area (Å²) in [5, 5.41) is 1.83. The van der Waals surface area contributed by atoms with E-state index in [0.717, 1.165) is 17.4 Å². The average Bonchev–Trinajstić information content (AvgIpc) is 2.85. The number of hydrogen-bond acceptors (Lipinski definition) is 7. The number of nitrogens with one attached hydrogen (secondary N) is 1. The van der Waals surface area contributed by atoms with Crippen LogP contribution in [-0.4, -0.2) is 33.1 Å². The molecule has 2 amide bonds. The molecule has 0 bridgehead atoms. The van der Waals surface area contributed by atoms with Crippen molar-refractivity contribution in [2.24, 2.45) is 0 Å². The third kappa shape index (κ3) is 2.96. The van der Waals surface area contributed by atoms with Gasteiger partial charge in [-0.05, 0) is 36.0 Å². The standard InChI is InChI=1S/C14H11N5O2S/c1-19(10-3-5-15-6-4-10)13-16-7-2-9(17-13)8-11-12(20)18-14(21)22-11/h2-8H,1H3,(H,18,20,21)/b11-8-. The van der Waals surface area contributed by atoms with Gasteiger partial charge in [-0.1, -0.05) is 0 Å². The van der Waals surface area contributed by atoms with Crippen molar-refractivity contribution in [1.82, 2.24) is 20.3 Å². The molecule has 8 heteroatoms. The second-order valence-electron chi connectivity index (χ2n) is 4.40. The molecule has 1 aliphatic rings. The molecule has 0 unspecified atom stereocenters. The summed E-state index contributed by atoms with van der Waals surface area (Å²) in [6.07, 6.45) is 6.54. The fourth-order valence-corrected chi connectivity index (χ4v) is 2.51. The Morgan fingerprint density at radius 1 is 1.18 bits per heavy atom. The molecule has 1 saturated heterocycles. The molecule has 1 N–H and O–H groups in total. The van der Waals surface area contributed by atoms with Crippen LogP contribution in [0.15, 0.2) is 41.7 Å². The molecule has 0 atom stereocenters. The molecule has 0 spiro atoms. The number of rotatable bonds is 3. The van der Waals surface area contributed by atoms with Gasteiger partial charge in [0.15, 0.2) is 0 Å². The van der Waals surface area contributed by atoms with E-state index < -0.39 is 5.91 Å². The number of carbonyl (C=O) groups excluding carboxylic acids is 2. The number of hydrogen-bond donors (Lipinski definition) is 1. The van der Waals surface area contributed by atoms with E-state index in [0.29, 0.717) is 16.5 Å². The fourth-order valence-electron chi connectivity index (χ4n) is 1.84. The Hall–Kier alpha value is -2.74. The number of aromatic nitrogens is 3. The molecule has 0 saturated carbocycles. The lowest BCUT2D eigenvalue weighted by molar-refractivity contribution is -0.115. The predicted molar refractivity (Wildman–Crippen MR) is 83.4 cm³/mol. The van der Waals surface area contributed by atoms with Crippen LogP contribution in [0.25, 0.3) is 6.08 Å². The zero-order valence-corrected chi connectivity index (χ0v) is 12.4. The minimum atomic E-state index is -0.405. The minimum absolute atomic E-state index is 0.321. The Morgan fingerprint density at radius 3 is 2.64 bits per heavy atom. The third-order valence-electron chi connectivity index (χ3n) is 2.94. The van der Waals surface area contributed by atoms with E-state index in [4.69, 9.17) is 0 Å². The molecular weight excluding hydrogens is 302 g/mol. The van der Waals surface area contributed by atoms with Crippen LogP contribution in [0, 0.1) is 0 Å². The number of carbonyl (C=O) groups is 2. The molecule has 2 aromatic heterocycles. The van der Waals surface area contributed by atoms with Crippen LogP contribution in [-0.2, 0) is 4.79 Å². The van der Waals surface area contributed by atoms with Gasteiger partial charge < -0.3 is 4.90 Å². The Bertz CT molecular complexity index is 763. The molecule has 110 valence electrons. The van der Waals surface area contributed by atoms with E-state index in [2.05, 4.69) is 20.3 Å². The molecule has 0 aromatic carbocycles. The molecule has 7 nitrogen and oxygen atoms in total. The van der Waals surface area contributed by atoms with Crippen molar-refractivity contribution in [3.63, 3.8) is 0 Å². The van der Waals surface area contributed by atoms with Gasteiger partial charge in [0.2, 0.25) is 5.95 Å². The van der Waals surface area contributed by atoms with Crippen molar-refractivity contribution in [3.05, 3.63) is 47.4 Å². The smallest absolute Gasteiger partial charge is 0.290 e. The SMILES string of the molecule is CN(c1ccncc1)c1nccc(/C=C2\SC(=O)NC2=O)n1. The molecule has 22 heavy (non-hydrogen) atoms. The van der Waals surface area contributed by atoms with Gasteiger partial charge in [-0.25, -0.2) is 9.97 Å². The van der Waals surface area contributed by atoms with Gasteiger partial charge in [-0.15, -0.1) is 0 Å². The van der Waals surface area contributed by atoms with Crippen molar-refractivity contribution in [2.75, 3.05) is 11.9 Å². The highest BCUT2D eigenvalue weighted by molar-refractivity contribution is 8.18. The van der Waals surface area contributed by atoms with Crippen LogP contribution in [0.1, 0.15) is 5.69 Å². The molecule has 0 aliphatic carbocycles. The van der Waals surface area contributed by atoms with Crippen LogP contribution < -0.4 is 10.2 Å². The first-order valence-corrected chi connectivity index (χ1v) is 7.17. The van der Waals surface area contributed by atoms with Crippen molar-refractivity contribution >= 4 is 40.6 Å². The maximum Gasteiger partial charge on any atom is 0.290 e. The Morgan fingerprint density at radius 2 is 1.95 bits per heavy atom. The monoisotopic (exact) mass is 313 g/mol. The highest BCUT2D eigenvalue weighted by Gasteiger charge is 2.25. The second kappa shape index (κ2) is 5.94. The van der Waals surface area contributed by atoms with E-state index in [1.165, 1.54) is 0 Å². The van der Waals surface area contributed by atoms with Crippen molar-refractivity contribution in [2.45, 2.75) is 0 Å². The molecule has 0 radical (unpaired) electrons. The van der Waals surface area contributed by atoms with Crippen molar-refractivity contribution in [1.29, 1.82) is 0 Å². The zero-order chi connectivity index (χ0) is 15.5. The van der Waals surface area contributed by atoms with Gasteiger partial charge in [-0.2, -0.15) is 0 Å². The molecule has 2 aromatic rings. The first-order valence-electron chi connectivity index (χ1n) is 6.35. The number of imide groups is 1. The predicted octanol–water partition coefficient (Wildman–Crippen LogP) is 1.96. The van der Waals surface area contributed by atoms with Gasteiger partial charge in [-0.3, -0.25) is 19.9 Å². The summed E-state index contributed by atoms with van der Waals surface area (Å²) < 4.78 is 0. The lowest BCUT2D eigenvalue weighted by Gasteiger charge is -2.16. The third-order valence-corrected chi connectivity index (χ3v) is 3.75. The van der Waals surface area contributed by atoms with E-state index in [9.17, 15) is 9.59 Å². The lowest BCUT2D eigenvalue weighted by Crippen LogP contribution is -2.17. The summed E-state index contributed by atoms with van der Waals surface area (Å²) in [4.78, 5) is 37.4. The average molecular weight is 313 g/mol. The van der Waals surface area contributed by atoms with Crippen LogP contribution >= 0.6 is 11.8 Å². The summed E-state index contributed by atoms with van der Waals surface area (Å²) in [6.45, 7) is 0. The second-order valence-corrected chi connectivity index (χ2v) is 5.41. The number of nitrogens with zero attached hydrogens (tertiary/aromatic N) is 4. The maximum absolute atomic E-state index is 11.5. The molecule has 1 fully saturated rings. The number of anilines is 2. The molecule has 3 heterocycles. The van der Waals surface area contributed by atoms with Gasteiger partial charge in [0.1, 0.15) is 0 Å². The van der Waals surface area contributed by atoms with Crippen molar-refractivity contribution in [3.8, 4) is 0 Å². The molecule has 3 rings (SSSR count). The van der Waals surface area contributed by atoms with Gasteiger partial charge in [0.25, 0.3) is 11.1 Å². The maximum atomic E-state index is 11.5. The summed E-state index contributed by atoms with van der Waals surface area (Å²) in [6, 6.07) is 5.36. The van der Waals surface area contributed by atoms with Gasteiger partial charge in [0.05, 0.1) is 10.6 Å². The van der Waals surface area contributed by atoms with Gasteiger partial charge >= 0.3 is 0 Å². The highest BCUT2D eigenvalue weighted by Crippen LogP contribution is 2.25. The summed E-state index contributed by atoms with van der Waals surface area (Å²) in [5.41, 5.74) is 1.45. The molecule has 1 aliphatic heterocycles. The Labute approximate surface area is 130 Å². The first kappa shape index (κ1) is 14.2. The van der Waals surface area contributed by atoms with Crippen LogP contribution in [0.3, 0.4) is 0 Å². The Balaban J connectivity index is 1.89. The van der Waals surface area contributed by atoms with E-state index >= 15 is 0 Å². The Kier molecular flexibility index (Phi) is 3.84. The van der Waals surface area contributed by atoms with Crippen LogP contribution in [0.4, 0.5) is 16.4 Å². The topological polar surface area (TPSA) is 88.1 Å². The van der Waals surface area contributed by atoms with Crippen molar-refractivity contribution < 1.29 is 9.59 Å². The van der Waals surface area contributed by atoms with E-state index in [1.54, 1.807) is 35.6 Å². The number of thioether (sulfide) groups is 1. The van der Waals surface area contributed by atoms with E-state index in [1.807, 2.05) is 19.2 Å². The summed E-state index contributed by atoms with van der Waals surface area (Å²) in [7, 11) is 1.84. The summed E-state index contributed by atoms with van der Waals surface area (Å²) >= 11 is 0.858. The van der Waals surface area contributed by atoms with E-state index in [-0.39, 0.29) is 5.24 Å². The lowest BCUT2D eigenvalue weighted by atomic mass is 10.3. The number of amides is 2. The first-order chi connectivity index (χ1) is 10.6. The largest absolute Gasteiger partial charge is 0.313 e. The van der Waals surface area contributed by atoms with Gasteiger partial charge in [0, 0.05) is 31.3 Å². The van der Waals surface area contributed by atoms with Crippen LogP contribution in [0.2, 0.25) is 0 Å². The minimum Gasteiger partial charge on any atom is -0.313 e. The fraction of sp³-hybridized carbons (Fsp3) is 0.0714. The molecular formula is C14H11N5O2S. The quantitative estimate of drug-likeness (QED) is 0.866. The normalized spacial score (nSPS) is 16.0. The zero-order valence-electron chi connectivity index (χ0n) is 11.6.